The molecule has 5 nitrogen and oxygen atoms in total. The van der Waals surface area contributed by atoms with Gasteiger partial charge in [0.25, 0.3) is 0 Å². The minimum Gasteiger partial charge on any atom is -0.394 e. The van der Waals surface area contributed by atoms with Crippen molar-refractivity contribution in [3.05, 3.63) is 29.8 Å². The number of anilines is 1. The lowest BCUT2D eigenvalue weighted by Crippen LogP contribution is -2.40. The predicted octanol–water partition coefficient (Wildman–Crippen LogP) is 2.38. The summed E-state index contributed by atoms with van der Waals surface area (Å²) in [5, 5.41) is 12.1. The summed E-state index contributed by atoms with van der Waals surface area (Å²) in [7, 11) is 1.66. The maximum Gasteiger partial charge on any atom is 0.322 e. The van der Waals surface area contributed by atoms with Gasteiger partial charge in [-0.25, -0.2) is 4.79 Å². The van der Waals surface area contributed by atoms with E-state index in [0.717, 1.165) is 24.1 Å². The second-order valence-electron chi connectivity index (χ2n) is 5.11. The van der Waals surface area contributed by atoms with Crippen molar-refractivity contribution in [3.63, 3.8) is 0 Å². The average molecular weight is 278 g/mol. The number of urea groups is 1. The molecule has 110 valence electrons. The average Bonchev–Trinajstić information content (AvgIpc) is 2.95. The van der Waals surface area contributed by atoms with Gasteiger partial charge in [-0.2, -0.15) is 0 Å². The van der Waals surface area contributed by atoms with Gasteiger partial charge in [-0.05, 0) is 37.5 Å². The molecule has 0 spiro atoms. The maximum absolute atomic E-state index is 12.2. The molecule has 20 heavy (non-hydrogen) atoms. The van der Waals surface area contributed by atoms with Gasteiger partial charge < -0.3 is 20.1 Å². The topological polar surface area (TPSA) is 61.8 Å². The summed E-state index contributed by atoms with van der Waals surface area (Å²) in [6.07, 6.45) is 1.80. The first-order valence-corrected chi connectivity index (χ1v) is 6.97. The number of methoxy groups -OCH3 is 1. The lowest BCUT2D eigenvalue weighted by molar-refractivity contribution is 0.119. The van der Waals surface area contributed by atoms with Gasteiger partial charge in [-0.1, -0.05) is 12.1 Å². The summed E-state index contributed by atoms with van der Waals surface area (Å²) < 4.78 is 5.27. The maximum atomic E-state index is 12.2. The van der Waals surface area contributed by atoms with Crippen molar-refractivity contribution in [1.29, 1.82) is 0 Å². The van der Waals surface area contributed by atoms with Crippen LogP contribution in [0.5, 0.6) is 0 Å². The van der Waals surface area contributed by atoms with Gasteiger partial charge in [0.1, 0.15) is 0 Å². The minimum atomic E-state index is -0.149. The van der Waals surface area contributed by atoms with E-state index < -0.39 is 0 Å². The molecule has 1 aromatic carbocycles. The molecule has 2 N–H and O–H groups in total. The highest BCUT2D eigenvalue weighted by Gasteiger charge is 2.28. The van der Waals surface area contributed by atoms with Crippen LogP contribution in [0.3, 0.4) is 0 Å². The van der Waals surface area contributed by atoms with E-state index in [2.05, 4.69) is 5.32 Å². The summed E-state index contributed by atoms with van der Waals surface area (Å²) in [6, 6.07) is 7.42. The standard InChI is InChI=1S/C15H22N2O3/c1-11(20-2)12-5-3-6-13(9-12)16-15(19)17-8-4-7-14(17)10-18/h3,5-6,9,11,14,18H,4,7-8,10H2,1-2H3,(H,16,19)/t11?,14-/m0/s1. The molecular formula is C15H22N2O3. The number of hydrogen-bond acceptors (Lipinski definition) is 3. The molecule has 1 unspecified atom stereocenters. The number of carbonyl (C=O) groups is 1. The molecule has 0 radical (unpaired) electrons. The Morgan fingerprint density at radius 1 is 1.60 bits per heavy atom. The molecule has 1 aliphatic rings. The van der Waals surface area contributed by atoms with Crippen LogP contribution < -0.4 is 5.32 Å². The molecule has 2 atom stereocenters. The Hall–Kier alpha value is -1.59. The number of carbonyl (C=O) groups excluding carboxylic acids is 1. The molecule has 1 saturated heterocycles. The van der Waals surface area contributed by atoms with Crippen LogP contribution in [-0.4, -0.2) is 42.3 Å². The summed E-state index contributed by atoms with van der Waals surface area (Å²) in [6.45, 7) is 2.68. The van der Waals surface area contributed by atoms with Crippen LogP contribution in [0, 0.1) is 0 Å². The molecule has 5 heteroatoms. The predicted molar refractivity (Wildman–Crippen MR) is 77.7 cm³/mol. The molecule has 1 heterocycles. The van der Waals surface area contributed by atoms with Crippen LogP contribution >= 0.6 is 0 Å². The summed E-state index contributed by atoms with van der Waals surface area (Å²) in [5.41, 5.74) is 1.77. The molecule has 0 aromatic heterocycles. The van der Waals surface area contributed by atoms with Crippen molar-refractivity contribution in [2.75, 3.05) is 25.6 Å². The molecule has 1 aliphatic heterocycles. The van der Waals surface area contributed by atoms with Crippen molar-refractivity contribution < 1.29 is 14.6 Å². The molecule has 0 aliphatic carbocycles. The van der Waals surface area contributed by atoms with Crippen LogP contribution in [0.15, 0.2) is 24.3 Å². The Kier molecular flexibility index (Phi) is 4.98. The summed E-state index contributed by atoms with van der Waals surface area (Å²) in [4.78, 5) is 13.9. The fourth-order valence-electron chi connectivity index (χ4n) is 2.49. The number of nitrogens with zero attached hydrogens (tertiary/aromatic N) is 1. The Bertz CT molecular complexity index is 464. The SMILES string of the molecule is COC(C)c1cccc(NC(=O)N2CCC[C@H]2CO)c1. The Balaban J connectivity index is 2.04. The van der Waals surface area contributed by atoms with Crippen LogP contribution in [-0.2, 0) is 4.74 Å². The van der Waals surface area contributed by atoms with Gasteiger partial charge in [0.05, 0.1) is 18.8 Å². The van der Waals surface area contributed by atoms with Crippen molar-refractivity contribution in [2.24, 2.45) is 0 Å². The van der Waals surface area contributed by atoms with E-state index in [1.54, 1.807) is 12.0 Å². The lowest BCUT2D eigenvalue weighted by atomic mass is 10.1. The Morgan fingerprint density at radius 2 is 2.40 bits per heavy atom. The monoisotopic (exact) mass is 278 g/mol. The minimum absolute atomic E-state index is 0.0103. The van der Waals surface area contributed by atoms with E-state index in [1.807, 2.05) is 31.2 Å². The lowest BCUT2D eigenvalue weighted by Gasteiger charge is -2.23. The third-order valence-corrected chi connectivity index (χ3v) is 3.81. The number of hydrogen-bond donors (Lipinski definition) is 2. The smallest absolute Gasteiger partial charge is 0.322 e. The normalized spacial score (nSPS) is 19.9. The van der Waals surface area contributed by atoms with Gasteiger partial charge in [0, 0.05) is 19.3 Å². The highest BCUT2D eigenvalue weighted by atomic mass is 16.5. The number of ether oxygens (including phenoxy) is 1. The first kappa shape index (κ1) is 14.8. The van der Waals surface area contributed by atoms with E-state index in [4.69, 9.17) is 4.74 Å². The number of likely N-dealkylation sites (tertiary alicyclic amines) is 1. The third kappa shape index (κ3) is 3.29. The molecule has 0 saturated carbocycles. The zero-order valence-corrected chi connectivity index (χ0v) is 12.0. The van der Waals surface area contributed by atoms with E-state index >= 15 is 0 Å². The first-order valence-electron chi connectivity index (χ1n) is 6.97. The number of rotatable bonds is 4. The van der Waals surface area contributed by atoms with Crippen LogP contribution in [0.1, 0.15) is 31.4 Å². The second kappa shape index (κ2) is 6.72. The van der Waals surface area contributed by atoms with Gasteiger partial charge in [-0.15, -0.1) is 0 Å². The number of amides is 2. The van der Waals surface area contributed by atoms with Crippen LogP contribution in [0.25, 0.3) is 0 Å². The van der Waals surface area contributed by atoms with Crippen molar-refractivity contribution in [1.82, 2.24) is 4.90 Å². The van der Waals surface area contributed by atoms with Gasteiger partial charge in [-0.3, -0.25) is 0 Å². The first-order chi connectivity index (χ1) is 9.65. The highest BCUT2D eigenvalue weighted by molar-refractivity contribution is 5.89. The van der Waals surface area contributed by atoms with E-state index in [0.29, 0.717) is 6.54 Å². The third-order valence-electron chi connectivity index (χ3n) is 3.81. The molecule has 1 aromatic rings. The fraction of sp³-hybridized carbons (Fsp3) is 0.533. The second-order valence-corrected chi connectivity index (χ2v) is 5.11. The quantitative estimate of drug-likeness (QED) is 0.889. The van der Waals surface area contributed by atoms with E-state index in [-0.39, 0.29) is 24.8 Å². The molecular weight excluding hydrogens is 256 g/mol. The van der Waals surface area contributed by atoms with Crippen molar-refractivity contribution >= 4 is 11.7 Å². The van der Waals surface area contributed by atoms with E-state index in [1.165, 1.54) is 0 Å². The zero-order chi connectivity index (χ0) is 14.5. The summed E-state index contributed by atoms with van der Waals surface area (Å²) >= 11 is 0. The fourth-order valence-corrected chi connectivity index (χ4v) is 2.49. The van der Waals surface area contributed by atoms with Gasteiger partial charge in [0.15, 0.2) is 0 Å². The number of aliphatic hydroxyl groups is 1. The molecule has 0 bridgehead atoms. The number of benzene rings is 1. The number of aliphatic hydroxyl groups excluding tert-OH is 1. The molecule has 1 fully saturated rings. The number of nitrogens with one attached hydrogen (secondary N) is 1. The Labute approximate surface area is 119 Å². The largest absolute Gasteiger partial charge is 0.394 e. The zero-order valence-electron chi connectivity index (χ0n) is 12.0. The van der Waals surface area contributed by atoms with Crippen LogP contribution in [0.2, 0.25) is 0 Å². The Morgan fingerprint density at radius 3 is 3.10 bits per heavy atom. The van der Waals surface area contributed by atoms with Gasteiger partial charge >= 0.3 is 6.03 Å². The summed E-state index contributed by atoms with van der Waals surface area (Å²) in [5.74, 6) is 0. The molecule has 2 rings (SSSR count). The van der Waals surface area contributed by atoms with Crippen molar-refractivity contribution in [3.8, 4) is 0 Å². The van der Waals surface area contributed by atoms with Crippen LogP contribution in [0.4, 0.5) is 10.5 Å². The van der Waals surface area contributed by atoms with E-state index in [9.17, 15) is 9.90 Å². The highest BCUT2D eigenvalue weighted by Crippen LogP contribution is 2.22. The van der Waals surface area contributed by atoms with Gasteiger partial charge in [0.2, 0.25) is 0 Å². The van der Waals surface area contributed by atoms with Crippen molar-refractivity contribution in [2.45, 2.75) is 31.9 Å². The molecule has 2 amide bonds.